The van der Waals surface area contributed by atoms with Crippen LogP contribution in [0.4, 0.5) is 0 Å². The zero-order chi connectivity index (χ0) is 14.4. The molecular formula is C14H27IN4O2. The zero-order valence-corrected chi connectivity index (χ0v) is 15.3. The molecule has 1 aliphatic heterocycles. The van der Waals surface area contributed by atoms with Crippen LogP contribution in [0.3, 0.4) is 0 Å². The summed E-state index contributed by atoms with van der Waals surface area (Å²) >= 11 is 0. The van der Waals surface area contributed by atoms with Crippen LogP contribution in [0.25, 0.3) is 0 Å². The fourth-order valence-electron chi connectivity index (χ4n) is 2.60. The maximum atomic E-state index is 11.7. The van der Waals surface area contributed by atoms with Crippen molar-refractivity contribution in [1.82, 2.24) is 15.5 Å². The van der Waals surface area contributed by atoms with Gasteiger partial charge in [0.05, 0.1) is 0 Å². The zero-order valence-electron chi connectivity index (χ0n) is 12.9. The number of hydrogen-bond acceptors (Lipinski definition) is 3. The molecular weight excluding hydrogens is 383 g/mol. The first kappa shape index (κ1) is 18.5. The molecule has 6 nitrogen and oxygen atoms in total. The number of methoxy groups -OCH3 is 1. The normalized spacial score (nSPS) is 20.5. The molecule has 1 saturated heterocycles. The van der Waals surface area contributed by atoms with Gasteiger partial charge in [-0.1, -0.05) is 0 Å². The Labute approximate surface area is 144 Å². The van der Waals surface area contributed by atoms with Crippen LogP contribution in [0.1, 0.15) is 32.1 Å². The Morgan fingerprint density at radius 1 is 1.19 bits per heavy atom. The number of rotatable bonds is 4. The molecule has 0 aromatic carbocycles. The van der Waals surface area contributed by atoms with E-state index in [1.54, 1.807) is 7.11 Å². The third kappa shape index (κ3) is 5.61. The Morgan fingerprint density at radius 2 is 1.76 bits per heavy atom. The van der Waals surface area contributed by atoms with E-state index in [1.807, 2.05) is 11.9 Å². The first-order valence-electron chi connectivity index (χ1n) is 7.49. The highest BCUT2D eigenvalue weighted by atomic mass is 127. The van der Waals surface area contributed by atoms with Crippen LogP contribution in [0.5, 0.6) is 0 Å². The predicted molar refractivity (Wildman–Crippen MR) is 94.2 cm³/mol. The van der Waals surface area contributed by atoms with Crippen LogP contribution in [0, 0.1) is 0 Å². The number of amides is 1. The largest absolute Gasteiger partial charge is 0.375 e. The number of hydrogen-bond donors (Lipinski definition) is 2. The maximum absolute atomic E-state index is 11.7. The Bertz CT molecular complexity index is 353. The van der Waals surface area contributed by atoms with Gasteiger partial charge in [-0.2, -0.15) is 0 Å². The van der Waals surface area contributed by atoms with E-state index in [-0.39, 0.29) is 36.5 Å². The number of aliphatic imine (C=N–C) groups is 1. The van der Waals surface area contributed by atoms with Gasteiger partial charge in [-0.05, 0) is 32.1 Å². The highest BCUT2D eigenvalue weighted by Gasteiger charge is 2.24. The second kappa shape index (κ2) is 9.45. The van der Waals surface area contributed by atoms with Crippen molar-refractivity contribution in [2.75, 3.05) is 33.9 Å². The molecule has 0 atom stereocenters. The average molecular weight is 410 g/mol. The minimum atomic E-state index is 0. The summed E-state index contributed by atoms with van der Waals surface area (Å²) in [5.74, 6) is 0.985. The molecule has 2 N–H and O–H groups in total. The van der Waals surface area contributed by atoms with E-state index in [9.17, 15) is 4.79 Å². The second-order valence-corrected chi connectivity index (χ2v) is 5.58. The lowest BCUT2D eigenvalue weighted by Gasteiger charge is -2.34. The van der Waals surface area contributed by atoms with Crippen LogP contribution < -0.4 is 10.6 Å². The van der Waals surface area contributed by atoms with E-state index < -0.39 is 0 Å². The molecule has 7 heteroatoms. The van der Waals surface area contributed by atoms with Gasteiger partial charge in [-0.15, -0.1) is 24.0 Å². The van der Waals surface area contributed by atoms with Gasteiger partial charge in [0, 0.05) is 39.3 Å². The highest BCUT2D eigenvalue weighted by Crippen LogP contribution is 2.18. The molecule has 0 unspecified atom stereocenters. The van der Waals surface area contributed by atoms with Crippen LogP contribution >= 0.6 is 24.0 Å². The fourth-order valence-corrected chi connectivity index (χ4v) is 2.60. The summed E-state index contributed by atoms with van der Waals surface area (Å²) in [6.07, 6.45) is 5.71. The highest BCUT2D eigenvalue weighted by molar-refractivity contribution is 14.0. The molecule has 1 amide bonds. The van der Waals surface area contributed by atoms with Gasteiger partial charge in [0.25, 0.3) is 0 Å². The number of carbonyl (C=O) groups is 1. The molecule has 122 valence electrons. The Balaban J connectivity index is 0.00000220. The molecule has 2 rings (SSSR count). The van der Waals surface area contributed by atoms with Gasteiger partial charge in [0.1, 0.15) is 6.61 Å². The molecule has 1 aliphatic carbocycles. The number of nitrogens with one attached hydrogen (secondary N) is 2. The van der Waals surface area contributed by atoms with Crippen molar-refractivity contribution in [1.29, 1.82) is 0 Å². The standard InChI is InChI=1S/C14H26N4O2.HI/c1-15-14(16-11-4-3-5-11)17-12-6-8-18(9-7-12)13(19)10-20-2;/h11-12H,3-10H2,1-2H3,(H2,15,16,17);1H. The molecule has 2 fully saturated rings. The first-order valence-corrected chi connectivity index (χ1v) is 7.49. The van der Waals surface area contributed by atoms with Gasteiger partial charge in [0.2, 0.25) is 5.91 Å². The van der Waals surface area contributed by atoms with Crippen LogP contribution in [0.15, 0.2) is 4.99 Å². The van der Waals surface area contributed by atoms with Gasteiger partial charge < -0.3 is 20.3 Å². The van der Waals surface area contributed by atoms with Crippen LogP contribution in [0.2, 0.25) is 0 Å². The first-order chi connectivity index (χ1) is 9.72. The number of piperidine rings is 1. The quantitative estimate of drug-likeness (QED) is 0.412. The van der Waals surface area contributed by atoms with E-state index in [2.05, 4.69) is 15.6 Å². The second-order valence-electron chi connectivity index (χ2n) is 5.58. The average Bonchev–Trinajstić information content (AvgIpc) is 2.42. The lowest BCUT2D eigenvalue weighted by molar-refractivity contribution is -0.136. The summed E-state index contributed by atoms with van der Waals surface area (Å²) in [6, 6.07) is 0.984. The maximum Gasteiger partial charge on any atom is 0.248 e. The lowest BCUT2D eigenvalue weighted by atomic mass is 9.93. The number of halogens is 1. The molecule has 0 spiro atoms. The fraction of sp³-hybridized carbons (Fsp3) is 0.857. The number of likely N-dealkylation sites (tertiary alicyclic amines) is 1. The summed E-state index contributed by atoms with van der Waals surface area (Å²) in [6.45, 7) is 1.77. The number of carbonyl (C=O) groups excluding carboxylic acids is 1. The predicted octanol–water partition coefficient (Wildman–Crippen LogP) is 0.959. The topological polar surface area (TPSA) is 66.0 Å². The Kier molecular flexibility index (Phi) is 8.31. The van der Waals surface area contributed by atoms with E-state index in [1.165, 1.54) is 19.3 Å². The molecule has 1 heterocycles. The summed E-state index contributed by atoms with van der Waals surface area (Å²) in [5, 5.41) is 6.91. The Hall–Kier alpha value is -0.570. The monoisotopic (exact) mass is 410 g/mol. The van der Waals surface area contributed by atoms with Gasteiger partial charge >= 0.3 is 0 Å². The molecule has 2 aliphatic rings. The van der Waals surface area contributed by atoms with Crippen molar-refractivity contribution in [3.63, 3.8) is 0 Å². The van der Waals surface area contributed by atoms with Crippen molar-refractivity contribution in [2.45, 2.75) is 44.2 Å². The minimum absolute atomic E-state index is 0. The summed E-state index contributed by atoms with van der Waals surface area (Å²) < 4.78 is 4.89. The van der Waals surface area contributed by atoms with E-state index >= 15 is 0 Å². The van der Waals surface area contributed by atoms with Gasteiger partial charge in [0.15, 0.2) is 5.96 Å². The minimum Gasteiger partial charge on any atom is -0.375 e. The summed E-state index contributed by atoms with van der Waals surface area (Å²) in [7, 11) is 3.37. The Morgan fingerprint density at radius 3 is 2.19 bits per heavy atom. The van der Waals surface area contributed by atoms with Crippen molar-refractivity contribution >= 4 is 35.8 Å². The SMILES string of the molecule is CN=C(NC1CCC1)NC1CCN(C(=O)COC)CC1.I. The van der Waals surface area contributed by atoms with Crippen molar-refractivity contribution < 1.29 is 9.53 Å². The van der Waals surface area contributed by atoms with Crippen molar-refractivity contribution in [3.05, 3.63) is 0 Å². The molecule has 0 aromatic rings. The molecule has 0 aromatic heterocycles. The lowest BCUT2D eigenvalue weighted by Crippen LogP contribution is -2.53. The summed E-state index contributed by atoms with van der Waals surface area (Å²) in [5.41, 5.74) is 0. The van der Waals surface area contributed by atoms with Crippen molar-refractivity contribution in [3.8, 4) is 0 Å². The van der Waals surface area contributed by atoms with Crippen LogP contribution in [-0.4, -0.2) is 62.7 Å². The van der Waals surface area contributed by atoms with E-state index in [0.717, 1.165) is 31.9 Å². The van der Waals surface area contributed by atoms with Crippen LogP contribution in [-0.2, 0) is 9.53 Å². The molecule has 21 heavy (non-hydrogen) atoms. The number of nitrogens with zero attached hydrogens (tertiary/aromatic N) is 2. The molecule has 0 bridgehead atoms. The van der Waals surface area contributed by atoms with E-state index in [4.69, 9.17) is 4.74 Å². The van der Waals surface area contributed by atoms with Gasteiger partial charge in [-0.25, -0.2) is 0 Å². The van der Waals surface area contributed by atoms with Crippen molar-refractivity contribution in [2.24, 2.45) is 4.99 Å². The number of guanidine groups is 1. The third-order valence-corrected chi connectivity index (χ3v) is 4.13. The third-order valence-electron chi connectivity index (χ3n) is 4.13. The van der Waals surface area contributed by atoms with Gasteiger partial charge in [-0.3, -0.25) is 9.79 Å². The number of ether oxygens (including phenoxy) is 1. The summed E-state index contributed by atoms with van der Waals surface area (Å²) in [4.78, 5) is 17.9. The molecule has 0 radical (unpaired) electrons. The molecule has 1 saturated carbocycles. The van der Waals surface area contributed by atoms with E-state index in [0.29, 0.717) is 12.1 Å². The smallest absolute Gasteiger partial charge is 0.248 e.